The van der Waals surface area contributed by atoms with Gasteiger partial charge < -0.3 is 14.5 Å². The number of nitrogens with zero attached hydrogens (tertiary/aromatic N) is 3. The molecule has 1 aliphatic heterocycles. The summed E-state index contributed by atoms with van der Waals surface area (Å²) in [6.45, 7) is 1.60. The number of sulfonamides is 1. The van der Waals surface area contributed by atoms with Crippen molar-refractivity contribution in [1.29, 1.82) is 0 Å². The van der Waals surface area contributed by atoms with Gasteiger partial charge in [0.2, 0.25) is 10.0 Å². The van der Waals surface area contributed by atoms with Crippen LogP contribution in [0.15, 0.2) is 47.4 Å². The minimum Gasteiger partial charge on any atom is -0.496 e. The molecule has 1 heterocycles. The fraction of sp³-hybridized carbons (Fsp3) is 0.409. The Kier molecular flexibility index (Phi) is 6.67. The van der Waals surface area contributed by atoms with Crippen LogP contribution in [0.1, 0.15) is 28.8 Å². The second-order valence-corrected chi connectivity index (χ2v) is 9.73. The monoisotopic (exact) mass is 431 g/mol. The summed E-state index contributed by atoms with van der Waals surface area (Å²) in [4.78, 5) is 16.7. The highest BCUT2D eigenvalue weighted by Crippen LogP contribution is 2.27. The van der Waals surface area contributed by atoms with Crippen molar-refractivity contribution in [1.82, 2.24) is 9.21 Å². The predicted molar refractivity (Wildman–Crippen MR) is 118 cm³/mol. The molecule has 1 aliphatic rings. The van der Waals surface area contributed by atoms with Crippen molar-refractivity contribution in [2.45, 2.75) is 24.3 Å². The lowest BCUT2D eigenvalue weighted by molar-refractivity contribution is 0.0789. The average molecular weight is 432 g/mol. The standard InChI is InChI=1S/C22H29N3O4S/c1-23(2)18-9-7-17(8-10-18)16-24(3)30(27,28)19-11-12-21(29-4)20(15-19)22(26)25-13-5-6-14-25/h7-12,15H,5-6,13-14,16H2,1-4H3. The second kappa shape index (κ2) is 9.06. The minimum atomic E-state index is -3.77. The molecule has 30 heavy (non-hydrogen) atoms. The molecular weight excluding hydrogens is 402 g/mol. The zero-order valence-electron chi connectivity index (χ0n) is 18.0. The van der Waals surface area contributed by atoms with Gasteiger partial charge in [0, 0.05) is 46.5 Å². The minimum absolute atomic E-state index is 0.0817. The Labute approximate surface area is 178 Å². The van der Waals surface area contributed by atoms with Crippen molar-refractivity contribution < 1.29 is 17.9 Å². The number of ether oxygens (including phenoxy) is 1. The maximum absolute atomic E-state index is 13.2. The number of likely N-dealkylation sites (tertiary alicyclic amines) is 1. The number of carbonyl (C=O) groups excluding carboxylic acids is 1. The largest absolute Gasteiger partial charge is 0.496 e. The number of amides is 1. The van der Waals surface area contributed by atoms with Crippen LogP contribution < -0.4 is 9.64 Å². The lowest BCUT2D eigenvalue weighted by atomic mass is 10.1. The Balaban J connectivity index is 1.85. The van der Waals surface area contributed by atoms with E-state index in [1.165, 1.54) is 23.5 Å². The summed E-state index contributed by atoms with van der Waals surface area (Å²) in [6, 6.07) is 12.2. The molecule has 2 aromatic rings. The molecule has 0 aliphatic carbocycles. The summed E-state index contributed by atoms with van der Waals surface area (Å²) in [6.07, 6.45) is 1.92. The average Bonchev–Trinajstić information content (AvgIpc) is 3.28. The molecule has 0 atom stereocenters. The lowest BCUT2D eigenvalue weighted by Gasteiger charge is -2.21. The predicted octanol–water partition coefficient (Wildman–Crippen LogP) is 2.82. The van der Waals surface area contributed by atoms with Crippen LogP contribution in [0.25, 0.3) is 0 Å². The van der Waals surface area contributed by atoms with Crippen molar-refractivity contribution in [3.8, 4) is 5.75 Å². The van der Waals surface area contributed by atoms with Gasteiger partial charge in [0.15, 0.2) is 0 Å². The number of anilines is 1. The van der Waals surface area contributed by atoms with Crippen molar-refractivity contribution in [2.75, 3.05) is 46.2 Å². The molecule has 0 saturated carbocycles. The highest BCUT2D eigenvalue weighted by molar-refractivity contribution is 7.89. The van der Waals surface area contributed by atoms with E-state index in [0.717, 1.165) is 24.1 Å². The van der Waals surface area contributed by atoms with Gasteiger partial charge in [-0.25, -0.2) is 8.42 Å². The Hall–Kier alpha value is -2.58. The Morgan fingerprint density at radius 3 is 2.23 bits per heavy atom. The zero-order valence-corrected chi connectivity index (χ0v) is 18.8. The summed E-state index contributed by atoms with van der Waals surface area (Å²) in [5.41, 5.74) is 2.21. The van der Waals surface area contributed by atoms with Crippen LogP contribution in [0.5, 0.6) is 5.75 Å². The van der Waals surface area contributed by atoms with Crippen LogP contribution in [0.4, 0.5) is 5.69 Å². The molecule has 3 rings (SSSR count). The molecule has 1 fully saturated rings. The van der Waals surface area contributed by atoms with Gasteiger partial charge in [-0.2, -0.15) is 4.31 Å². The summed E-state index contributed by atoms with van der Waals surface area (Å²) in [7, 11) is 3.16. The quantitative estimate of drug-likeness (QED) is 0.674. The van der Waals surface area contributed by atoms with Gasteiger partial charge in [-0.3, -0.25) is 4.79 Å². The van der Waals surface area contributed by atoms with Crippen LogP contribution >= 0.6 is 0 Å². The number of hydrogen-bond donors (Lipinski definition) is 0. The topological polar surface area (TPSA) is 70.2 Å². The molecule has 2 aromatic carbocycles. The number of methoxy groups -OCH3 is 1. The highest BCUT2D eigenvalue weighted by atomic mass is 32.2. The third-order valence-electron chi connectivity index (χ3n) is 5.36. The van der Waals surface area contributed by atoms with Crippen molar-refractivity contribution in [3.05, 3.63) is 53.6 Å². The molecule has 0 radical (unpaired) electrons. The molecule has 0 N–H and O–H groups in total. The highest BCUT2D eigenvalue weighted by Gasteiger charge is 2.27. The summed E-state index contributed by atoms with van der Waals surface area (Å²) >= 11 is 0. The summed E-state index contributed by atoms with van der Waals surface area (Å²) in [5.74, 6) is 0.191. The van der Waals surface area contributed by atoms with Gasteiger partial charge in [-0.05, 0) is 48.7 Å². The normalized spacial score (nSPS) is 14.2. The van der Waals surface area contributed by atoms with Gasteiger partial charge in [-0.15, -0.1) is 0 Å². The third kappa shape index (κ3) is 4.60. The van der Waals surface area contributed by atoms with E-state index in [-0.39, 0.29) is 22.9 Å². The van der Waals surface area contributed by atoms with E-state index in [1.807, 2.05) is 43.3 Å². The van der Waals surface area contributed by atoms with Crippen molar-refractivity contribution >= 4 is 21.6 Å². The number of rotatable bonds is 7. The van der Waals surface area contributed by atoms with Crippen LogP contribution in [0.2, 0.25) is 0 Å². The zero-order chi connectivity index (χ0) is 21.9. The first-order chi connectivity index (χ1) is 14.2. The molecule has 1 amide bonds. The van der Waals surface area contributed by atoms with E-state index in [9.17, 15) is 13.2 Å². The van der Waals surface area contributed by atoms with Gasteiger partial charge >= 0.3 is 0 Å². The molecule has 0 spiro atoms. The number of hydrogen-bond acceptors (Lipinski definition) is 5. The SMILES string of the molecule is COc1ccc(S(=O)(=O)N(C)Cc2ccc(N(C)C)cc2)cc1C(=O)N1CCCC1. The summed E-state index contributed by atoms with van der Waals surface area (Å²) < 4.78 is 32.9. The molecule has 1 saturated heterocycles. The van der Waals surface area contributed by atoms with Crippen LogP contribution in [-0.2, 0) is 16.6 Å². The molecule has 0 bridgehead atoms. The molecule has 0 unspecified atom stereocenters. The Bertz CT molecular complexity index is 998. The number of carbonyl (C=O) groups is 1. The van der Waals surface area contributed by atoms with Crippen LogP contribution in [0.3, 0.4) is 0 Å². The third-order valence-corrected chi connectivity index (χ3v) is 7.16. The van der Waals surface area contributed by atoms with Gasteiger partial charge in [0.1, 0.15) is 5.75 Å². The second-order valence-electron chi connectivity index (χ2n) is 7.68. The maximum atomic E-state index is 13.2. The van der Waals surface area contributed by atoms with Gasteiger partial charge in [-0.1, -0.05) is 12.1 Å². The van der Waals surface area contributed by atoms with E-state index >= 15 is 0 Å². The van der Waals surface area contributed by atoms with E-state index in [2.05, 4.69) is 0 Å². The summed E-state index contributed by atoms with van der Waals surface area (Å²) in [5, 5.41) is 0. The fourth-order valence-corrected chi connectivity index (χ4v) is 4.71. The van der Waals surface area contributed by atoms with Gasteiger partial charge in [0.25, 0.3) is 5.91 Å². The maximum Gasteiger partial charge on any atom is 0.257 e. The van der Waals surface area contributed by atoms with Crippen molar-refractivity contribution in [3.63, 3.8) is 0 Å². The molecule has 0 aromatic heterocycles. The first kappa shape index (κ1) is 22.1. The van der Waals surface area contributed by atoms with E-state index in [0.29, 0.717) is 18.8 Å². The van der Waals surface area contributed by atoms with Crippen molar-refractivity contribution in [2.24, 2.45) is 0 Å². The molecule has 162 valence electrons. The van der Waals surface area contributed by atoms with E-state index in [1.54, 1.807) is 18.0 Å². The fourth-order valence-electron chi connectivity index (χ4n) is 3.53. The lowest BCUT2D eigenvalue weighted by Crippen LogP contribution is -2.29. The number of benzene rings is 2. The first-order valence-corrected chi connectivity index (χ1v) is 11.4. The molecular formula is C22H29N3O4S. The Morgan fingerprint density at radius 1 is 1.03 bits per heavy atom. The van der Waals surface area contributed by atoms with E-state index < -0.39 is 10.0 Å². The van der Waals surface area contributed by atoms with E-state index in [4.69, 9.17) is 4.74 Å². The first-order valence-electron chi connectivity index (χ1n) is 9.94. The van der Waals surface area contributed by atoms with Crippen LogP contribution in [-0.4, -0.2) is 64.9 Å². The Morgan fingerprint density at radius 2 is 1.67 bits per heavy atom. The van der Waals surface area contributed by atoms with Crippen LogP contribution in [0, 0.1) is 0 Å². The smallest absolute Gasteiger partial charge is 0.257 e. The molecule has 8 heteroatoms. The molecule has 7 nitrogen and oxygen atoms in total. The van der Waals surface area contributed by atoms with Gasteiger partial charge in [0.05, 0.1) is 17.6 Å².